The minimum Gasteiger partial charge on any atom is -0.317 e. The molecule has 0 radical (unpaired) electrons. The molecule has 1 aliphatic heterocycles. The van der Waals surface area contributed by atoms with Crippen LogP contribution < -0.4 is 10.0 Å². The Morgan fingerprint density at radius 1 is 1.38 bits per heavy atom. The molecule has 1 fully saturated rings. The van der Waals surface area contributed by atoms with Crippen molar-refractivity contribution >= 4 is 38.5 Å². The Hall–Kier alpha value is -0.380. The molecule has 0 spiro atoms. The van der Waals surface area contributed by atoms with Gasteiger partial charge in [0.25, 0.3) is 0 Å². The van der Waals surface area contributed by atoms with Crippen molar-refractivity contribution in [3.05, 3.63) is 27.8 Å². The second-order valence-corrected chi connectivity index (χ2v) is 8.09. The molecule has 1 unspecified atom stereocenters. The third kappa shape index (κ3) is 4.80. The third-order valence-corrected chi connectivity index (χ3v) is 6.05. The lowest BCUT2D eigenvalue weighted by atomic mass is 10.00. The average molecular weight is 423 g/mol. The molecule has 7 heteroatoms. The van der Waals surface area contributed by atoms with Crippen LogP contribution in [-0.2, 0) is 10.2 Å². The molecule has 0 amide bonds. The molecule has 1 atom stereocenters. The normalized spacial score (nSPS) is 20.4. The highest BCUT2D eigenvalue weighted by Crippen LogP contribution is 2.23. The van der Waals surface area contributed by atoms with Crippen molar-refractivity contribution in [3.8, 4) is 0 Å². The van der Waals surface area contributed by atoms with Crippen LogP contribution in [0.5, 0.6) is 0 Å². The molecule has 0 saturated carbocycles. The monoisotopic (exact) mass is 423 g/mol. The van der Waals surface area contributed by atoms with Gasteiger partial charge in [-0.25, -0.2) is 0 Å². The van der Waals surface area contributed by atoms with Gasteiger partial charge in [0.15, 0.2) is 0 Å². The average Bonchev–Trinajstić information content (AvgIpc) is 2.48. The zero-order chi connectivity index (χ0) is 15.3. The van der Waals surface area contributed by atoms with E-state index in [0.717, 1.165) is 29.5 Å². The van der Waals surface area contributed by atoms with Gasteiger partial charge in [-0.1, -0.05) is 19.1 Å². The summed E-state index contributed by atoms with van der Waals surface area (Å²) in [5, 5.41) is 3.31. The highest BCUT2D eigenvalue weighted by atomic mass is 127. The first-order valence-corrected chi connectivity index (χ1v) is 9.78. The van der Waals surface area contributed by atoms with Crippen LogP contribution in [-0.4, -0.2) is 38.9 Å². The number of hydrogen-bond donors (Lipinski definition) is 2. The highest BCUT2D eigenvalue weighted by molar-refractivity contribution is 14.1. The molecule has 1 aliphatic rings. The number of piperidine rings is 1. The van der Waals surface area contributed by atoms with Gasteiger partial charge in [-0.3, -0.25) is 4.72 Å². The van der Waals surface area contributed by atoms with Gasteiger partial charge in [0, 0.05) is 16.7 Å². The fraction of sp³-hybridized carbons (Fsp3) is 0.571. The van der Waals surface area contributed by atoms with Gasteiger partial charge in [-0.15, -0.1) is 0 Å². The Bertz CT molecular complexity index is 565. The Morgan fingerprint density at radius 3 is 2.86 bits per heavy atom. The summed E-state index contributed by atoms with van der Waals surface area (Å²) in [6, 6.07) is 7.42. The second-order valence-electron chi connectivity index (χ2n) is 5.26. The van der Waals surface area contributed by atoms with Crippen molar-refractivity contribution in [3.63, 3.8) is 0 Å². The van der Waals surface area contributed by atoms with E-state index < -0.39 is 10.2 Å². The van der Waals surface area contributed by atoms with Gasteiger partial charge in [0.2, 0.25) is 0 Å². The molecule has 1 aromatic rings. The second kappa shape index (κ2) is 7.75. The fourth-order valence-electron chi connectivity index (χ4n) is 2.51. The lowest BCUT2D eigenvalue weighted by Gasteiger charge is -2.32. The van der Waals surface area contributed by atoms with Crippen molar-refractivity contribution in [2.24, 2.45) is 5.92 Å². The van der Waals surface area contributed by atoms with Crippen molar-refractivity contribution < 1.29 is 8.42 Å². The van der Waals surface area contributed by atoms with E-state index in [-0.39, 0.29) is 0 Å². The minimum absolute atomic E-state index is 0.394. The number of nitrogens with zero attached hydrogens (tertiary/aromatic N) is 1. The number of benzene rings is 1. The Kier molecular flexibility index (Phi) is 6.27. The van der Waals surface area contributed by atoms with Gasteiger partial charge in [0.05, 0.1) is 5.69 Å². The summed E-state index contributed by atoms with van der Waals surface area (Å²) >= 11 is 2.14. The Morgan fingerprint density at radius 2 is 2.14 bits per heavy atom. The molecule has 0 bridgehead atoms. The van der Waals surface area contributed by atoms with Crippen molar-refractivity contribution in [1.29, 1.82) is 0 Å². The van der Waals surface area contributed by atoms with Crippen LogP contribution in [0.25, 0.3) is 0 Å². The number of rotatable bonds is 6. The van der Waals surface area contributed by atoms with E-state index in [4.69, 9.17) is 0 Å². The van der Waals surface area contributed by atoms with Crippen LogP contribution in [0.3, 0.4) is 0 Å². The molecule has 0 aromatic heterocycles. The van der Waals surface area contributed by atoms with Crippen molar-refractivity contribution in [2.75, 3.05) is 30.9 Å². The van der Waals surface area contributed by atoms with Crippen LogP contribution >= 0.6 is 22.6 Å². The Balaban J connectivity index is 2.03. The van der Waals surface area contributed by atoms with Crippen LogP contribution in [0, 0.1) is 9.49 Å². The molecular formula is C14H22IN3O2S. The molecule has 1 saturated heterocycles. The number of para-hydroxylation sites is 1. The summed E-state index contributed by atoms with van der Waals surface area (Å²) < 4.78 is 30.2. The van der Waals surface area contributed by atoms with E-state index in [1.165, 1.54) is 0 Å². The largest absolute Gasteiger partial charge is 0.317 e. The van der Waals surface area contributed by atoms with Gasteiger partial charge < -0.3 is 5.32 Å². The van der Waals surface area contributed by atoms with Crippen molar-refractivity contribution in [2.45, 2.75) is 19.8 Å². The van der Waals surface area contributed by atoms with E-state index in [1.807, 2.05) is 18.2 Å². The van der Waals surface area contributed by atoms with Gasteiger partial charge in [-0.2, -0.15) is 12.7 Å². The quantitative estimate of drug-likeness (QED) is 0.691. The highest BCUT2D eigenvalue weighted by Gasteiger charge is 2.28. The lowest BCUT2D eigenvalue weighted by molar-refractivity contribution is 0.262. The minimum atomic E-state index is -3.47. The molecule has 2 rings (SSSR count). The number of hydrogen-bond acceptors (Lipinski definition) is 3. The summed E-state index contributed by atoms with van der Waals surface area (Å²) in [7, 11) is -3.47. The maximum absolute atomic E-state index is 12.5. The predicted molar refractivity (Wildman–Crippen MR) is 94.5 cm³/mol. The summed E-state index contributed by atoms with van der Waals surface area (Å²) in [5.74, 6) is 0.394. The van der Waals surface area contributed by atoms with Crippen LogP contribution in [0.1, 0.15) is 19.8 Å². The van der Waals surface area contributed by atoms with Crippen LogP contribution in [0.15, 0.2) is 24.3 Å². The van der Waals surface area contributed by atoms with Gasteiger partial charge in [0.1, 0.15) is 0 Å². The summed E-state index contributed by atoms with van der Waals surface area (Å²) in [6.07, 6.45) is 2.00. The van der Waals surface area contributed by atoms with Crippen LogP contribution in [0.4, 0.5) is 5.69 Å². The van der Waals surface area contributed by atoms with Gasteiger partial charge >= 0.3 is 10.2 Å². The third-order valence-electron chi connectivity index (χ3n) is 3.62. The van der Waals surface area contributed by atoms with E-state index in [2.05, 4.69) is 39.6 Å². The van der Waals surface area contributed by atoms with E-state index >= 15 is 0 Å². The zero-order valence-electron chi connectivity index (χ0n) is 12.2. The molecular weight excluding hydrogens is 401 g/mol. The molecule has 0 aliphatic carbocycles. The number of anilines is 1. The van der Waals surface area contributed by atoms with E-state index in [1.54, 1.807) is 10.4 Å². The molecule has 1 aromatic carbocycles. The summed E-state index contributed by atoms with van der Waals surface area (Å²) in [6.45, 7) is 5.05. The smallest absolute Gasteiger partial charge is 0.301 e. The maximum atomic E-state index is 12.5. The standard InChI is InChI=1S/C14H22IN3O2S/c1-2-16-10-12-6-5-9-18(11-12)21(19,20)17-14-8-4-3-7-13(14)15/h3-4,7-8,12,16-17H,2,5-6,9-11H2,1H3. The molecule has 21 heavy (non-hydrogen) atoms. The first-order valence-electron chi connectivity index (χ1n) is 7.26. The fourth-order valence-corrected chi connectivity index (χ4v) is 4.57. The maximum Gasteiger partial charge on any atom is 0.301 e. The molecule has 1 heterocycles. The lowest BCUT2D eigenvalue weighted by Crippen LogP contribution is -2.45. The topological polar surface area (TPSA) is 61.4 Å². The summed E-state index contributed by atoms with van der Waals surface area (Å²) in [5.41, 5.74) is 0.645. The first kappa shape index (κ1) is 17.0. The molecule has 5 nitrogen and oxygen atoms in total. The molecule has 118 valence electrons. The first-order chi connectivity index (χ1) is 10.0. The molecule has 2 N–H and O–H groups in total. The number of halogens is 1. The van der Waals surface area contributed by atoms with E-state index in [0.29, 0.717) is 24.7 Å². The number of nitrogens with one attached hydrogen (secondary N) is 2. The van der Waals surface area contributed by atoms with Crippen LogP contribution in [0.2, 0.25) is 0 Å². The Labute approximate surface area is 140 Å². The zero-order valence-corrected chi connectivity index (χ0v) is 15.2. The van der Waals surface area contributed by atoms with Gasteiger partial charge in [-0.05, 0) is 66.6 Å². The van der Waals surface area contributed by atoms with Crippen molar-refractivity contribution in [1.82, 2.24) is 9.62 Å². The van der Waals surface area contributed by atoms with E-state index in [9.17, 15) is 8.42 Å². The predicted octanol–water partition coefficient (Wildman–Crippen LogP) is 2.27. The summed E-state index contributed by atoms with van der Waals surface area (Å²) in [4.78, 5) is 0. The SMILES string of the molecule is CCNCC1CCCN(S(=O)(=O)Nc2ccccc2I)C1.